The molecule has 6 nitrogen and oxygen atoms in total. The molecule has 0 unspecified atom stereocenters. The van der Waals surface area contributed by atoms with E-state index in [1.807, 2.05) is 19.1 Å². The summed E-state index contributed by atoms with van der Waals surface area (Å²) >= 11 is 3.47. The van der Waals surface area contributed by atoms with Crippen LogP contribution in [0.4, 0.5) is 0 Å². The molecule has 0 spiro atoms. The SMILES string of the molecule is CCCOc1c(Br)cc(CCNC(=O)CCC(=O)[O-])cc1OC. The number of carbonyl (C=O) groups is 2. The molecular formula is C16H21BrNO5-. The van der Waals surface area contributed by atoms with Gasteiger partial charge in [-0.15, -0.1) is 0 Å². The van der Waals surface area contributed by atoms with E-state index in [0.717, 1.165) is 16.5 Å². The lowest BCUT2D eigenvalue weighted by atomic mass is 10.1. The van der Waals surface area contributed by atoms with Crippen molar-refractivity contribution in [3.05, 3.63) is 22.2 Å². The monoisotopic (exact) mass is 386 g/mol. The van der Waals surface area contributed by atoms with Gasteiger partial charge < -0.3 is 24.7 Å². The molecule has 23 heavy (non-hydrogen) atoms. The van der Waals surface area contributed by atoms with E-state index < -0.39 is 5.97 Å². The molecule has 1 N–H and O–H groups in total. The molecule has 1 amide bonds. The fourth-order valence-corrected chi connectivity index (χ4v) is 2.52. The van der Waals surface area contributed by atoms with Crippen LogP contribution in [-0.2, 0) is 16.0 Å². The third-order valence-corrected chi connectivity index (χ3v) is 3.62. The van der Waals surface area contributed by atoms with E-state index in [4.69, 9.17) is 9.47 Å². The Labute approximate surface area is 144 Å². The molecular weight excluding hydrogens is 366 g/mol. The number of carbonyl (C=O) groups excluding carboxylic acids is 2. The van der Waals surface area contributed by atoms with Crippen LogP contribution in [0.25, 0.3) is 0 Å². The van der Waals surface area contributed by atoms with Crippen LogP contribution < -0.4 is 19.9 Å². The van der Waals surface area contributed by atoms with Crippen LogP contribution in [0.15, 0.2) is 16.6 Å². The van der Waals surface area contributed by atoms with Gasteiger partial charge in [0.1, 0.15) is 0 Å². The third kappa shape index (κ3) is 6.90. The second-order valence-corrected chi connectivity index (χ2v) is 5.78. The zero-order valence-electron chi connectivity index (χ0n) is 13.3. The molecule has 0 atom stereocenters. The zero-order chi connectivity index (χ0) is 17.2. The molecule has 0 heterocycles. The van der Waals surface area contributed by atoms with Gasteiger partial charge in [0.15, 0.2) is 11.5 Å². The van der Waals surface area contributed by atoms with Gasteiger partial charge in [0.2, 0.25) is 5.91 Å². The summed E-state index contributed by atoms with van der Waals surface area (Å²) in [5, 5.41) is 13.0. The summed E-state index contributed by atoms with van der Waals surface area (Å²) in [6, 6.07) is 3.78. The predicted molar refractivity (Wildman–Crippen MR) is 87.4 cm³/mol. The van der Waals surface area contributed by atoms with Crippen molar-refractivity contribution in [1.82, 2.24) is 5.32 Å². The summed E-state index contributed by atoms with van der Waals surface area (Å²) in [5.41, 5.74) is 0.970. The number of hydrogen-bond donors (Lipinski definition) is 1. The van der Waals surface area contributed by atoms with E-state index in [1.54, 1.807) is 7.11 Å². The van der Waals surface area contributed by atoms with Crippen molar-refractivity contribution in [1.29, 1.82) is 0 Å². The van der Waals surface area contributed by atoms with E-state index in [0.29, 0.717) is 31.1 Å². The topological polar surface area (TPSA) is 87.7 Å². The second kappa shape index (κ2) is 10.1. The number of carboxylic acids is 1. The molecule has 128 valence electrons. The van der Waals surface area contributed by atoms with Crippen LogP contribution in [0, 0.1) is 0 Å². The Morgan fingerprint density at radius 1 is 1.30 bits per heavy atom. The predicted octanol–water partition coefficient (Wildman–Crippen LogP) is 1.44. The molecule has 0 bridgehead atoms. The molecule has 0 aliphatic carbocycles. The van der Waals surface area contributed by atoms with Crippen molar-refractivity contribution >= 4 is 27.8 Å². The summed E-state index contributed by atoms with van der Waals surface area (Å²) in [5.74, 6) is -0.234. The van der Waals surface area contributed by atoms with E-state index in [-0.39, 0.29) is 18.7 Å². The maximum atomic E-state index is 11.4. The van der Waals surface area contributed by atoms with Crippen LogP contribution in [0.5, 0.6) is 11.5 Å². The number of hydrogen-bond acceptors (Lipinski definition) is 5. The summed E-state index contributed by atoms with van der Waals surface area (Å²) in [7, 11) is 1.58. The molecule has 0 fully saturated rings. The number of aliphatic carboxylic acids is 1. The van der Waals surface area contributed by atoms with E-state index in [9.17, 15) is 14.7 Å². The molecule has 0 aliphatic heterocycles. The number of rotatable bonds is 10. The maximum Gasteiger partial charge on any atom is 0.220 e. The smallest absolute Gasteiger partial charge is 0.220 e. The van der Waals surface area contributed by atoms with Crippen LogP contribution in [0.1, 0.15) is 31.7 Å². The van der Waals surface area contributed by atoms with Gasteiger partial charge in [-0.1, -0.05) is 6.92 Å². The number of nitrogens with one attached hydrogen (secondary N) is 1. The standard InChI is InChI=1S/C16H22BrNO5/c1-3-8-23-16-12(17)9-11(10-13(16)22-2)6-7-18-14(19)4-5-15(20)21/h9-10H,3-8H2,1-2H3,(H,18,19)(H,20,21)/p-1. The van der Waals surface area contributed by atoms with Crippen LogP contribution in [0.2, 0.25) is 0 Å². The van der Waals surface area contributed by atoms with Crippen LogP contribution in [0.3, 0.4) is 0 Å². The summed E-state index contributed by atoms with van der Waals surface area (Å²) in [4.78, 5) is 21.7. The minimum Gasteiger partial charge on any atom is -0.550 e. The van der Waals surface area contributed by atoms with Gasteiger partial charge in [-0.05, 0) is 52.9 Å². The average Bonchev–Trinajstić information content (AvgIpc) is 2.51. The number of methoxy groups -OCH3 is 1. The fourth-order valence-electron chi connectivity index (χ4n) is 1.91. The van der Waals surface area contributed by atoms with Crippen molar-refractivity contribution in [3.8, 4) is 11.5 Å². The Balaban J connectivity index is 2.59. The maximum absolute atomic E-state index is 11.4. The highest BCUT2D eigenvalue weighted by Crippen LogP contribution is 2.36. The largest absolute Gasteiger partial charge is 0.550 e. The molecule has 0 aromatic heterocycles. The Bertz CT molecular complexity index is 548. The zero-order valence-corrected chi connectivity index (χ0v) is 14.9. The highest BCUT2D eigenvalue weighted by Gasteiger charge is 2.11. The number of benzene rings is 1. The Kier molecular flexibility index (Phi) is 8.47. The van der Waals surface area contributed by atoms with E-state index in [1.165, 1.54) is 0 Å². The molecule has 1 rings (SSSR count). The Morgan fingerprint density at radius 3 is 2.65 bits per heavy atom. The van der Waals surface area contributed by atoms with Crippen LogP contribution in [-0.4, -0.2) is 32.1 Å². The van der Waals surface area contributed by atoms with Crippen molar-refractivity contribution in [2.75, 3.05) is 20.3 Å². The molecule has 0 aliphatic rings. The molecule has 0 saturated carbocycles. The van der Waals surface area contributed by atoms with Gasteiger partial charge in [-0.2, -0.15) is 0 Å². The number of ether oxygens (including phenoxy) is 2. The Hall–Kier alpha value is -1.76. The van der Waals surface area contributed by atoms with Gasteiger partial charge in [0.25, 0.3) is 0 Å². The quantitative estimate of drug-likeness (QED) is 0.657. The molecule has 0 saturated heterocycles. The van der Waals surface area contributed by atoms with Gasteiger partial charge in [-0.25, -0.2) is 0 Å². The lowest BCUT2D eigenvalue weighted by Gasteiger charge is -2.14. The lowest BCUT2D eigenvalue weighted by molar-refractivity contribution is -0.305. The normalized spacial score (nSPS) is 10.2. The summed E-state index contributed by atoms with van der Waals surface area (Å²) < 4.78 is 11.8. The second-order valence-electron chi connectivity index (χ2n) is 4.93. The Morgan fingerprint density at radius 2 is 2.04 bits per heavy atom. The molecule has 1 aromatic carbocycles. The van der Waals surface area contributed by atoms with Crippen molar-refractivity contribution in [2.45, 2.75) is 32.6 Å². The summed E-state index contributed by atoms with van der Waals surface area (Å²) in [6.07, 6.45) is 1.16. The molecule has 1 aromatic rings. The average molecular weight is 387 g/mol. The lowest BCUT2D eigenvalue weighted by Crippen LogP contribution is -2.29. The highest BCUT2D eigenvalue weighted by atomic mass is 79.9. The van der Waals surface area contributed by atoms with E-state index >= 15 is 0 Å². The van der Waals surface area contributed by atoms with Crippen LogP contribution >= 0.6 is 15.9 Å². The van der Waals surface area contributed by atoms with Crippen molar-refractivity contribution in [3.63, 3.8) is 0 Å². The number of halogens is 1. The first kappa shape index (κ1) is 19.3. The van der Waals surface area contributed by atoms with E-state index in [2.05, 4.69) is 21.2 Å². The third-order valence-electron chi connectivity index (χ3n) is 3.03. The fraction of sp³-hybridized carbons (Fsp3) is 0.500. The highest BCUT2D eigenvalue weighted by molar-refractivity contribution is 9.10. The first-order chi connectivity index (χ1) is 11.0. The minimum absolute atomic E-state index is 0.0703. The first-order valence-corrected chi connectivity index (χ1v) is 8.23. The minimum atomic E-state index is -1.23. The van der Waals surface area contributed by atoms with Gasteiger partial charge in [0, 0.05) is 18.9 Å². The van der Waals surface area contributed by atoms with Crippen molar-refractivity contribution in [2.24, 2.45) is 0 Å². The van der Waals surface area contributed by atoms with Gasteiger partial charge in [0.05, 0.1) is 18.2 Å². The van der Waals surface area contributed by atoms with Crippen molar-refractivity contribution < 1.29 is 24.2 Å². The molecule has 7 heteroatoms. The number of carboxylic acid groups (broad SMARTS) is 1. The molecule has 0 radical (unpaired) electrons. The number of amides is 1. The summed E-state index contributed by atoms with van der Waals surface area (Å²) in [6.45, 7) is 3.04. The van der Waals surface area contributed by atoms with Gasteiger partial charge >= 0.3 is 0 Å². The first-order valence-electron chi connectivity index (χ1n) is 7.43. The van der Waals surface area contributed by atoms with Gasteiger partial charge in [-0.3, -0.25) is 4.79 Å².